The average molecular weight is 364 g/mol. The van der Waals surface area contributed by atoms with Crippen molar-refractivity contribution in [2.24, 2.45) is 0 Å². The second-order valence-electron chi connectivity index (χ2n) is 4.76. The number of halogens is 6. The van der Waals surface area contributed by atoms with Gasteiger partial charge in [0.25, 0.3) is 0 Å². The minimum Gasteiger partial charge on any atom is -0.322 e. The van der Waals surface area contributed by atoms with Gasteiger partial charge in [-0.3, -0.25) is 0 Å². The summed E-state index contributed by atoms with van der Waals surface area (Å²) >= 11 is 4.76. The Morgan fingerprint density at radius 1 is 1.12 bits per heavy atom. The maximum Gasteiger partial charge on any atom is 0.461 e. The molecule has 0 bridgehead atoms. The number of alkyl halides is 5. The van der Waals surface area contributed by atoms with Gasteiger partial charge in [0.1, 0.15) is 16.1 Å². The van der Waals surface area contributed by atoms with Crippen molar-refractivity contribution in [3.63, 3.8) is 0 Å². The van der Waals surface area contributed by atoms with Crippen LogP contribution in [0.15, 0.2) is 30.5 Å². The zero-order valence-corrected chi connectivity index (χ0v) is 12.2. The lowest BCUT2D eigenvalue weighted by Crippen LogP contribution is -2.35. The molecule has 1 aromatic carbocycles. The Bertz CT molecular complexity index is 974. The van der Waals surface area contributed by atoms with Gasteiger partial charge < -0.3 is 4.98 Å². The molecule has 2 aromatic heterocycles. The predicted octanol–water partition coefficient (Wildman–Crippen LogP) is 4.27. The third-order valence-electron chi connectivity index (χ3n) is 3.16. The van der Waals surface area contributed by atoms with Gasteiger partial charge >= 0.3 is 12.1 Å². The quantitative estimate of drug-likeness (QED) is 0.546. The molecule has 3 rings (SSSR count). The highest BCUT2D eigenvalue weighted by atomic mass is 32.1. The van der Waals surface area contributed by atoms with Crippen molar-refractivity contribution < 1.29 is 26.3 Å². The van der Waals surface area contributed by atoms with Crippen LogP contribution in [0, 0.1) is 10.5 Å². The van der Waals surface area contributed by atoms with Gasteiger partial charge in [-0.1, -0.05) is 18.3 Å². The summed E-state index contributed by atoms with van der Waals surface area (Å²) in [6, 6.07) is 4.90. The van der Waals surface area contributed by atoms with E-state index in [1.807, 2.05) is 4.98 Å². The summed E-state index contributed by atoms with van der Waals surface area (Å²) < 4.78 is 78.4. The van der Waals surface area contributed by atoms with Crippen molar-refractivity contribution >= 4 is 23.3 Å². The fourth-order valence-corrected chi connectivity index (χ4v) is 2.25. The smallest absolute Gasteiger partial charge is 0.322 e. The number of hydrogen-bond donors (Lipinski definition) is 1. The Kier molecular flexibility index (Phi) is 3.62. The fraction of sp³-hybridized carbons (Fsp3) is 0.154. The summed E-state index contributed by atoms with van der Waals surface area (Å²) in [7, 11) is 0. The van der Waals surface area contributed by atoms with Crippen molar-refractivity contribution in [1.29, 1.82) is 0 Å². The van der Waals surface area contributed by atoms with Crippen LogP contribution >= 0.6 is 12.2 Å². The van der Waals surface area contributed by atoms with Crippen LogP contribution in [-0.2, 0) is 5.92 Å². The van der Waals surface area contributed by atoms with Crippen molar-refractivity contribution in [1.82, 2.24) is 19.7 Å². The van der Waals surface area contributed by atoms with Gasteiger partial charge in [0.2, 0.25) is 0 Å². The van der Waals surface area contributed by atoms with E-state index in [0.29, 0.717) is 0 Å². The number of H-pyrrole nitrogens is 1. The van der Waals surface area contributed by atoms with Crippen molar-refractivity contribution in [2.45, 2.75) is 12.1 Å². The maximum absolute atomic E-state index is 13.5. The molecule has 126 valence electrons. The number of aromatic amines is 1. The minimum absolute atomic E-state index is 0.0518. The monoisotopic (exact) mass is 364 g/mol. The number of benzene rings is 1. The van der Waals surface area contributed by atoms with E-state index < -0.39 is 28.4 Å². The molecular weight excluding hydrogens is 358 g/mol. The number of aromatic nitrogens is 4. The highest BCUT2D eigenvalue weighted by molar-refractivity contribution is 7.71. The molecule has 0 radical (unpaired) electrons. The zero-order valence-electron chi connectivity index (χ0n) is 11.4. The lowest BCUT2D eigenvalue weighted by atomic mass is 10.3. The van der Waals surface area contributed by atoms with Crippen LogP contribution in [0.1, 0.15) is 5.82 Å². The zero-order chi connectivity index (χ0) is 17.7. The number of nitrogens with one attached hydrogen (secondary N) is 1. The van der Waals surface area contributed by atoms with Crippen molar-refractivity contribution in [3.05, 3.63) is 46.7 Å². The van der Waals surface area contributed by atoms with Crippen LogP contribution < -0.4 is 0 Å². The fourth-order valence-electron chi connectivity index (χ4n) is 2.01. The van der Waals surface area contributed by atoms with Crippen molar-refractivity contribution in [2.75, 3.05) is 0 Å². The topological polar surface area (TPSA) is 46.5 Å². The first-order chi connectivity index (χ1) is 11.1. The standard InChI is InChI=1S/C13H6F6N4S/c14-6-2-1-3-7(4-6)23-9-8(5-20-23)10(24)22-11(21-9)12(15,16)13(17,18)19/h1-5H,(H,21,22,24). The third kappa shape index (κ3) is 2.54. The molecule has 0 aliphatic heterocycles. The molecule has 0 spiro atoms. The van der Waals surface area contributed by atoms with E-state index in [1.165, 1.54) is 12.1 Å². The normalized spacial score (nSPS) is 12.8. The lowest BCUT2D eigenvalue weighted by Gasteiger charge is -2.18. The summed E-state index contributed by atoms with van der Waals surface area (Å²) in [4.78, 5) is 5.04. The van der Waals surface area contributed by atoms with Gasteiger partial charge in [-0.15, -0.1) is 0 Å². The SMILES string of the molecule is Fc1cccc(-n2ncc3c(=S)nc(C(F)(F)C(F)(F)F)[nH]c32)c1. The molecule has 24 heavy (non-hydrogen) atoms. The Morgan fingerprint density at radius 3 is 2.46 bits per heavy atom. The van der Waals surface area contributed by atoms with Crippen LogP contribution in [0.3, 0.4) is 0 Å². The molecule has 0 saturated carbocycles. The van der Waals surface area contributed by atoms with E-state index in [0.717, 1.165) is 23.0 Å². The molecule has 2 heterocycles. The predicted molar refractivity (Wildman–Crippen MR) is 74.0 cm³/mol. The molecule has 0 aliphatic rings. The molecule has 0 amide bonds. The van der Waals surface area contributed by atoms with E-state index in [1.54, 1.807) is 0 Å². The summed E-state index contributed by atoms with van der Waals surface area (Å²) in [5.74, 6) is -7.53. The molecule has 0 fully saturated rings. The molecule has 0 aliphatic carbocycles. The van der Waals surface area contributed by atoms with E-state index in [2.05, 4.69) is 10.1 Å². The van der Waals surface area contributed by atoms with Crippen LogP contribution in [0.5, 0.6) is 0 Å². The second-order valence-corrected chi connectivity index (χ2v) is 5.15. The van der Waals surface area contributed by atoms with E-state index in [4.69, 9.17) is 12.2 Å². The first-order valence-corrected chi connectivity index (χ1v) is 6.71. The Balaban J connectivity index is 2.28. The summed E-state index contributed by atoms with van der Waals surface area (Å²) in [5, 5.41) is 3.89. The molecule has 4 nitrogen and oxygen atoms in total. The number of nitrogens with zero attached hydrogens (tertiary/aromatic N) is 3. The maximum atomic E-state index is 13.5. The summed E-state index contributed by atoms with van der Waals surface area (Å²) in [5.41, 5.74) is -0.136. The Hall–Kier alpha value is -2.43. The molecule has 1 N–H and O–H groups in total. The highest BCUT2D eigenvalue weighted by Crippen LogP contribution is 2.42. The van der Waals surface area contributed by atoms with Crippen LogP contribution in [0.25, 0.3) is 16.7 Å². The molecule has 11 heteroatoms. The van der Waals surface area contributed by atoms with Crippen LogP contribution in [0.2, 0.25) is 0 Å². The van der Waals surface area contributed by atoms with Gasteiger partial charge in [0.15, 0.2) is 5.82 Å². The van der Waals surface area contributed by atoms with Gasteiger partial charge in [-0.2, -0.15) is 27.1 Å². The third-order valence-corrected chi connectivity index (χ3v) is 3.47. The van der Waals surface area contributed by atoms with E-state index in [9.17, 15) is 26.3 Å². The molecule has 0 unspecified atom stereocenters. The molecule has 0 saturated heterocycles. The Morgan fingerprint density at radius 2 is 1.83 bits per heavy atom. The van der Waals surface area contributed by atoms with E-state index in [-0.39, 0.29) is 16.7 Å². The summed E-state index contributed by atoms with van der Waals surface area (Å²) in [6.45, 7) is 0. The first-order valence-electron chi connectivity index (χ1n) is 6.30. The van der Waals surface area contributed by atoms with Gasteiger partial charge in [0, 0.05) is 0 Å². The van der Waals surface area contributed by atoms with Gasteiger partial charge in [-0.25, -0.2) is 14.1 Å². The number of fused-ring (bicyclic) bond motifs is 1. The van der Waals surface area contributed by atoms with Crippen LogP contribution in [0.4, 0.5) is 26.3 Å². The largest absolute Gasteiger partial charge is 0.461 e. The molecular formula is C13H6F6N4S. The molecule has 3 aromatic rings. The van der Waals surface area contributed by atoms with Crippen molar-refractivity contribution in [3.8, 4) is 5.69 Å². The minimum atomic E-state index is -5.85. The highest BCUT2D eigenvalue weighted by Gasteiger charge is 2.61. The Labute approximate surface area is 134 Å². The second kappa shape index (κ2) is 5.30. The van der Waals surface area contributed by atoms with E-state index >= 15 is 0 Å². The van der Waals surface area contributed by atoms with Gasteiger partial charge in [-0.05, 0) is 18.2 Å². The molecule has 0 atom stereocenters. The number of rotatable bonds is 2. The average Bonchev–Trinajstić information content (AvgIpc) is 2.90. The summed E-state index contributed by atoms with van der Waals surface area (Å²) in [6.07, 6.45) is -4.71. The number of hydrogen-bond acceptors (Lipinski definition) is 3. The van der Waals surface area contributed by atoms with Crippen LogP contribution in [-0.4, -0.2) is 25.9 Å². The van der Waals surface area contributed by atoms with Gasteiger partial charge in [0.05, 0.1) is 17.3 Å². The lowest BCUT2D eigenvalue weighted by molar-refractivity contribution is -0.292. The first kappa shape index (κ1) is 16.4.